The van der Waals surface area contributed by atoms with Crippen LogP contribution in [0.1, 0.15) is 23.2 Å². The van der Waals surface area contributed by atoms with Crippen LogP contribution in [0.3, 0.4) is 0 Å². The highest BCUT2D eigenvalue weighted by Gasteiger charge is 2.26. The summed E-state index contributed by atoms with van der Waals surface area (Å²) in [5, 5.41) is 10.1. The number of benzene rings is 1. The average molecular weight is 292 g/mol. The molecule has 0 spiro atoms. The summed E-state index contributed by atoms with van der Waals surface area (Å²) in [6.07, 6.45) is 2.02. The second kappa shape index (κ2) is 6.80. The van der Waals surface area contributed by atoms with Gasteiger partial charge in [-0.1, -0.05) is 6.07 Å². The van der Waals surface area contributed by atoms with Crippen molar-refractivity contribution >= 4 is 5.91 Å². The van der Waals surface area contributed by atoms with Crippen LogP contribution in [0.5, 0.6) is 11.5 Å². The van der Waals surface area contributed by atoms with Gasteiger partial charge in [-0.05, 0) is 45.0 Å². The summed E-state index contributed by atoms with van der Waals surface area (Å²) < 4.78 is 5.06. The minimum Gasteiger partial charge on any atom is -0.504 e. The average Bonchev–Trinajstić information content (AvgIpc) is 2.47. The van der Waals surface area contributed by atoms with E-state index in [2.05, 4.69) is 19.0 Å². The maximum absolute atomic E-state index is 12.5. The molecule has 0 saturated carbocycles. The molecular formula is C16H24N2O3. The molecule has 1 aliphatic rings. The van der Waals surface area contributed by atoms with Gasteiger partial charge >= 0.3 is 0 Å². The Labute approximate surface area is 126 Å². The zero-order valence-corrected chi connectivity index (χ0v) is 13.0. The highest BCUT2D eigenvalue weighted by Crippen LogP contribution is 2.31. The molecule has 116 valence electrons. The number of phenols is 1. The van der Waals surface area contributed by atoms with Crippen molar-refractivity contribution in [3.05, 3.63) is 23.8 Å². The molecule has 0 aromatic heterocycles. The van der Waals surface area contributed by atoms with Gasteiger partial charge < -0.3 is 19.6 Å². The van der Waals surface area contributed by atoms with E-state index in [0.29, 0.717) is 17.2 Å². The summed E-state index contributed by atoms with van der Waals surface area (Å²) in [6.45, 7) is 2.55. The lowest BCUT2D eigenvalue weighted by Gasteiger charge is -2.33. The molecule has 5 nitrogen and oxygen atoms in total. The first-order valence-electron chi connectivity index (χ1n) is 7.33. The Balaban J connectivity index is 2.02. The molecule has 0 bridgehead atoms. The van der Waals surface area contributed by atoms with Crippen LogP contribution in [0, 0.1) is 5.92 Å². The van der Waals surface area contributed by atoms with Crippen LogP contribution in [-0.4, -0.2) is 61.7 Å². The predicted octanol–water partition coefficient (Wildman–Crippen LogP) is 1.81. The van der Waals surface area contributed by atoms with E-state index in [9.17, 15) is 9.90 Å². The van der Waals surface area contributed by atoms with Gasteiger partial charge in [0, 0.05) is 19.6 Å². The highest BCUT2D eigenvalue weighted by molar-refractivity contribution is 5.97. The van der Waals surface area contributed by atoms with Crippen LogP contribution in [0.4, 0.5) is 0 Å². The SMILES string of the molecule is COc1cccc(C(=O)N2CCC(CN(C)C)CC2)c1O. The third kappa shape index (κ3) is 3.67. The first kappa shape index (κ1) is 15.6. The van der Waals surface area contributed by atoms with Crippen molar-refractivity contribution in [2.24, 2.45) is 5.92 Å². The Bertz CT molecular complexity index is 494. The molecule has 2 rings (SSSR count). The van der Waals surface area contributed by atoms with Gasteiger partial charge in [0.05, 0.1) is 12.7 Å². The fourth-order valence-corrected chi connectivity index (χ4v) is 2.86. The minimum atomic E-state index is -0.116. The predicted molar refractivity (Wildman–Crippen MR) is 81.8 cm³/mol. The number of likely N-dealkylation sites (tertiary alicyclic amines) is 1. The van der Waals surface area contributed by atoms with Crippen molar-refractivity contribution in [1.82, 2.24) is 9.80 Å². The smallest absolute Gasteiger partial charge is 0.257 e. The number of aromatic hydroxyl groups is 1. The summed E-state index contributed by atoms with van der Waals surface area (Å²) in [5.74, 6) is 0.793. The van der Waals surface area contributed by atoms with Crippen molar-refractivity contribution < 1.29 is 14.6 Å². The third-order valence-corrected chi connectivity index (χ3v) is 3.97. The zero-order valence-electron chi connectivity index (χ0n) is 13.0. The fourth-order valence-electron chi connectivity index (χ4n) is 2.86. The number of amides is 1. The number of ether oxygens (including phenoxy) is 1. The zero-order chi connectivity index (χ0) is 15.4. The van der Waals surface area contributed by atoms with Crippen LogP contribution in [0.2, 0.25) is 0 Å². The van der Waals surface area contributed by atoms with E-state index in [1.165, 1.54) is 7.11 Å². The van der Waals surface area contributed by atoms with Gasteiger partial charge in [0.25, 0.3) is 5.91 Å². The molecule has 0 radical (unpaired) electrons. The molecule has 0 atom stereocenters. The number of nitrogens with zero attached hydrogens (tertiary/aromatic N) is 2. The second-order valence-electron chi connectivity index (χ2n) is 5.85. The van der Waals surface area contributed by atoms with E-state index in [1.807, 2.05) is 4.90 Å². The number of carbonyl (C=O) groups excluding carboxylic acids is 1. The maximum atomic E-state index is 12.5. The number of carbonyl (C=O) groups is 1. The molecule has 1 saturated heterocycles. The molecule has 0 aliphatic carbocycles. The summed E-state index contributed by atoms with van der Waals surface area (Å²) in [7, 11) is 5.63. The van der Waals surface area contributed by atoms with Gasteiger partial charge in [-0.15, -0.1) is 0 Å². The van der Waals surface area contributed by atoms with E-state index < -0.39 is 0 Å². The molecule has 1 fully saturated rings. The standard InChI is InChI=1S/C16H24N2O3/c1-17(2)11-12-7-9-18(10-8-12)16(20)13-5-4-6-14(21-3)15(13)19/h4-6,12,19H,7-11H2,1-3H3. The van der Waals surface area contributed by atoms with E-state index in [0.717, 1.165) is 32.5 Å². The first-order valence-corrected chi connectivity index (χ1v) is 7.33. The molecule has 1 amide bonds. The Hall–Kier alpha value is -1.75. The largest absolute Gasteiger partial charge is 0.504 e. The number of hydrogen-bond donors (Lipinski definition) is 1. The number of rotatable bonds is 4. The van der Waals surface area contributed by atoms with Gasteiger partial charge in [0.15, 0.2) is 11.5 Å². The lowest BCUT2D eigenvalue weighted by molar-refractivity contribution is 0.0674. The molecule has 1 N–H and O–H groups in total. The molecule has 5 heteroatoms. The van der Waals surface area contributed by atoms with E-state index in [1.54, 1.807) is 18.2 Å². The molecule has 0 unspecified atom stereocenters. The number of piperidine rings is 1. The van der Waals surface area contributed by atoms with Crippen LogP contribution in [0.25, 0.3) is 0 Å². The minimum absolute atomic E-state index is 0.0691. The Kier molecular flexibility index (Phi) is 5.07. The first-order chi connectivity index (χ1) is 10.0. The molecule has 1 heterocycles. The fraction of sp³-hybridized carbons (Fsp3) is 0.562. The third-order valence-electron chi connectivity index (χ3n) is 3.97. The van der Waals surface area contributed by atoms with Crippen LogP contribution in [0.15, 0.2) is 18.2 Å². The van der Waals surface area contributed by atoms with Gasteiger partial charge in [-0.3, -0.25) is 4.79 Å². The molecule has 1 aromatic rings. The quantitative estimate of drug-likeness (QED) is 0.919. The number of hydrogen-bond acceptors (Lipinski definition) is 4. The Morgan fingerprint density at radius 2 is 2.05 bits per heavy atom. The highest BCUT2D eigenvalue weighted by atomic mass is 16.5. The normalized spacial score (nSPS) is 16.3. The monoisotopic (exact) mass is 292 g/mol. The molecular weight excluding hydrogens is 268 g/mol. The summed E-state index contributed by atoms with van der Waals surface area (Å²) in [4.78, 5) is 16.5. The van der Waals surface area contributed by atoms with Gasteiger partial charge in [0.2, 0.25) is 0 Å². The van der Waals surface area contributed by atoms with Gasteiger partial charge in [0.1, 0.15) is 0 Å². The van der Waals surface area contributed by atoms with Crippen molar-refractivity contribution in [2.45, 2.75) is 12.8 Å². The summed E-state index contributed by atoms with van der Waals surface area (Å²) in [6, 6.07) is 5.02. The lowest BCUT2D eigenvalue weighted by atomic mass is 9.96. The van der Waals surface area contributed by atoms with E-state index in [4.69, 9.17) is 4.74 Å². The summed E-state index contributed by atoms with van der Waals surface area (Å²) in [5.41, 5.74) is 0.320. The van der Waals surface area contributed by atoms with Crippen molar-refractivity contribution in [2.75, 3.05) is 40.8 Å². The van der Waals surface area contributed by atoms with E-state index in [-0.39, 0.29) is 11.7 Å². The van der Waals surface area contributed by atoms with Gasteiger partial charge in [-0.25, -0.2) is 0 Å². The summed E-state index contributed by atoms with van der Waals surface area (Å²) >= 11 is 0. The molecule has 21 heavy (non-hydrogen) atoms. The van der Waals surface area contributed by atoms with Crippen molar-refractivity contribution in [3.63, 3.8) is 0 Å². The van der Waals surface area contributed by atoms with Crippen molar-refractivity contribution in [3.8, 4) is 11.5 Å². The Morgan fingerprint density at radius 3 is 2.62 bits per heavy atom. The molecule has 1 aliphatic heterocycles. The lowest BCUT2D eigenvalue weighted by Crippen LogP contribution is -2.40. The van der Waals surface area contributed by atoms with Crippen molar-refractivity contribution in [1.29, 1.82) is 0 Å². The number of methoxy groups -OCH3 is 1. The van der Waals surface area contributed by atoms with E-state index >= 15 is 0 Å². The molecule has 1 aromatic carbocycles. The topological polar surface area (TPSA) is 53.0 Å². The van der Waals surface area contributed by atoms with Crippen LogP contribution < -0.4 is 4.74 Å². The number of para-hydroxylation sites is 1. The van der Waals surface area contributed by atoms with Gasteiger partial charge in [-0.2, -0.15) is 0 Å². The maximum Gasteiger partial charge on any atom is 0.257 e. The number of phenolic OH excluding ortho intramolecular Hbond substituents is 1. The Morgan fingerprint density at radius 1 is 1.38 bits per heavy atom. The van der Waals surface area contributed by atoms with Crippen LogP contribution >= 0.6 is 0 Å². The van der Waals surface area contributed by atoms with Crippen LogP contribution in [-0.2, 0) is 0 Å². The second-order valence-corrected chi connectivity index (χ2v) is 5.85.